The van der Waals surface area contributed by atoms with Gasteiger partial charge in [0.2, 0.25) is 11.8 Å². The lowest BCUT2D eigenvalue weighted by Gasteiger charge is -2.09. The van der Waals surface area contributed by atoms with Crippen LogP contribution in [0, 0.1) is 12.8 Å². The molecule has 7 heteroatoms. The quantitative estimate of drug-likeness (QED) is 0.634. The van der Waals surface area contributed by atoms with Crippen molar-refractivity contribution in [1.82, 2.24) is 10.9 Å². The molecule has 7 nitrogen and oxygen atoms in total. The summed E-state index contributed by atoms with van der Waals surface area (Å²) in [5, 5.41) is 0.804. The highest BCUT2D eigenvalue weighted by Crippen LogP contribution is 2.28. The van der Waals surface area contributed by atoms with Crippen molar-refractivity contribution >= 4 is 22.8 Å². The number of nitrogens with one attached hydrogen (secondary N) is 2. The lowest BCUT2D eigenvalue weighted by molar-refractivity contribution is -0.129. The minimum absolute atomic E-state index is 0.0204. The zero-order chi connectivity index (χ0) is 18.0. The molecule has 1 aliphatic rings. The van der Waals surface area contributed by atoms with Crippen LogP contribution in [-0.2, 0) is 16.0 Å². The highest BCUT2D eigenvalue weighted by Gasteiger charge is 2.29. The van der Waals surface area contributed by atoms with Crippen LogP contribution in [0.1, 0.15) is 30.4 Å². The summed E-state index contributed by atoms with van der Waals surface area (Å²) >= 11 is 0. The number of hydrazine groups is 1. The second kappa shape index (κ2) is 6.96. The van der Waals surface area contributed by atoms with E-state index in [1.165, 1.54) is 0 Å². The van der Waals surface area contributed by atoms with Gasteiger partial charge in [-0.3, -0.25) is 20.4 Å². The number of methoxy groups -OCH3 is 1. The van der Waals surface area contributed by atoms with Crippen LogP contribution >= 0.6 is 0 Å². The van der Waals surface area contributed by atoms with Gasteiger partial charge < -0.3 is 9.15 Å². The Morgan fingerprint density at radius 2 is 2.04 bits per heavy atom. The van der Waals surface area contributed by atoms with Gasteiger partial charge in [0, 0.05) is 29.4 Å². The van der Waals surface area contributed by atoms with Gasteiger partial charge in [-0.1, -0.05) is 0 Å². The number of fused-ring (bicyclic) bond motifs is 1. The Morgan fingerprint density at radius 1 is 1.28 bits per heavy atom. The van der Waals surface area contributed by atoms with Crippen molar-refractivity contribution in [2.75, 3.05) is 7.11 Å². The first-order valence-electron chi connectivity index (χ1n) is 8.18. The first-order chi connectivity index (χ1) is 12.0. The summed E-state index contributed by atoms with van der Waals surface area (Å²) in [6, 6.07) is 5.28. The Balaban J connectivity index is 1.69. The maximum Gasteiger partial charge on any atom is 0.339 e. The SMILES string of the molecule is COc1ccc2c(C)c(CCC(=O)NNC(=O)C3CC3)c(=O)oc2c1. The molecule has 1 saturated carbocycles. The number of carbonyl (C=O) groups is 2. The zero-order valence-electron chi connectivity index (χ0n) is 14.2. The molecule has 132 valence electrons. The summed E-state index contributed by atoms with van der Waals surface area (Å²) in [7, 11) is 1.54. The van der Waals surface area contributed by atoms with Crippen LogP contribution in [0.5, 0.6) is 5.75 Å². The topological polar surface area (TPSA) is 97.6 Å². The van der Waals surface area contributed by atoms with Crippen LogP contribution in [0.25, 0.3) is 11.0 Å². The third-order valence-corrected chi connectivity index (χ3v) is 4.37. The van der Waals surface area contributed by atoms with Gasteiger partial charge in [-0.05, 0) is 43.9 Å². The Kier molecular flexibility index (Phi) is 4.74. The molecule has 1 aromatic heterocycles. The van der Waals surface area contributed by atoms with Gasteiger partial charge in [0.25, 0.3) is 0 Å². The minimum Gasteiger partial charge on any atom is -0.497 e. The van der Waals surface area contributed by atoms with Gasteiger partial charge in [-0.2, -0.15) is 0 Å². The lowest BCUT2D eigenvalue weighted by Crippen LogP contribution is -2.42. The first-order valence-corrected chi connectivity index (χ1v) is 8.18. The van der Waals surface area contributed by atoms with E-state index in [0.29, 0.717) is 16.9 Å². The van der Waals surface area contributed by atoms with Crippen molar-refractivity contribution in [3.8, 4) is 5.75 Å². The van der Waals surface area contributed by atoms with Crippen LogP contribution in [0.3, 0.4) is 0 Å². The fraction of sp³-hybridized carbons (Fsp3) is 0.389. The van der Waals surface area contributed by atoms with E-state index in [1.807, 2.05) is 13.0 Å². The van der Waals surface area contributed by atoms with Crippen LogP contribution < -0.4 is 21.2 Å². The summed E-state index contributed by atoms with van der Waals surface area (Å²) in [5.41, 5.74) is 6.00. The number of aryl methyl sites for hydroxylation is 1. The third kappa shape index (κ3) is 3.81. The molecule has 2 N–H and O–H groups in total. The van der Waals surface area contributed by atoms with Crippen molar-refractivity contribution in [2.45, 2.75) is 32.6 Å². The van der Waals surface area contributed by atoms with Gasteiger partial charge in [0.05, 0.1) is 7.11 Å². The van der Waals surface area contributed by atoms with Gasteiger partial charge in [-0.15, -0.1) is 0 Å². The minimum atomic E-state index is -0.465. The monoisotopic (exact) mass is 344 g/mol. The summed E-state index contributed by atoms with van der Waals surface area (Å²) in [6.07, 6.45) is 2.05. The Labute approximate surface area is 144 Å². The molecule has 0 saturated heterocycles. The van der Waals surface area contributed by atoms with Crippen molar-refractivity contribution in [3.05, 3.63) is 39.7 Å². The van der Waals surface area contributed by atoms with E-state index in [9.17, 15) is 14.4 Å². The zero-order valence-corrected chi connectivity index (χ0v) is 14.2. The molecule has 0 atom stereocenters. The van der Waals surface area contributed by atoms with Crippen LogP contribution in [0.2, 0.25) is 0 Å². The van der Waals surface area contributed by atoms with Crippen LogP contribution in [-0.4, -0.2) is 18.9 Å². The maximum atomic E-state index is 12.2. The maximum absolute atomic E-state index is 12.2. The molecule has 0 radical (unpaired) electrons. The number of benzene rings is 1. The number of carbonyl (C=O) groups excluding carboxylic acids is 2. The Bertz CT molecular complexity index is 883. The largest absolute Gasteiger partial charge is 0.497 e. The van der Waals surface area contributed by atoms with E-state index in [1.54, 1.807) is 19.2 Å². The fourth-order valence-electron chi connectivity index (χ4n) is 2.67. The number of amides is 2. The highest BCUT2D eigenvalue weighted by molar-refractivity contribution is 5.85. The van der Waals surface area contributed by atoms with Gasteiger partial charge in [0.1, 0.15) is 11.3 Å². The molecule has 1 aromatic carbocycles. The number of hydrogen-bond acceptors (Lipinski definition) is 5. The number of hydrogen-bond donors (Lipinski definition) is 2. The van der Waals surface area contributed by atoms with Crippen molar-refractivity contribution < 1.29 is 18.7 Å². The normalized spacial score (nSPS) is 13.5. The van der Waals surface area contributed by atoms with Crippen LogP contribution in [0.4, 0.5) is 0 Å². The standard InChI is InChI=1S/C18H20N2O5/c1-10-13-6-5-12(24-2)9-15(13)25-18(23)14(10)7-8-16(21)19-20-17(22)11-3-4-11/h5-6,9,11H,3-4,7-8H2,1-2H3,(H,19,21)(H,20,22). The van der Waals surface area contributed by atoms with E-state index in [0.717, 1.165) is 23.8 Å². The molecule has 0 unspecified atom stereocenters. The molecule has 0 aliphatic heterocycles. The molecule has 0 bridgehead atoms. The molecule has 3 rings (SSSR count). The summed E-state index contributed by atoms with van der Waals surface area (Å²) < 4.78 is 10.5. The summed E-state index contributed by atoms with van der Waals surface area (Å²) in [6.45, 7) is 1.83. The molecule has 2 aromatic rings. The third-order valence-electron chi connectivity index (χ3n) is 4.37. The lowest BCUT2D eigenvalue weighted by atomic mass is 10.0. The average molecular weight is 344 g/mol. The molecule has 2 amide bonds. The summed E-state index contributed by atoms with van der Waals surface area (Å²) in [4.78, 5) is 35.6. The average Bonchev–Trinajstić information content (AvgIpc) is 3.44. The molecular weight excluding hydrogens is 324 g/mol. The Hall–Kier alpha value is -2.83. The van der Waals surface area contributed by atoms with Gasteiger partial charge in [-0.25, -0.2) is 4.79 Å². The van der Waals surface area contributed by atoms with Crippen molar-refractivity contribution in [1.29, 1.82) is 0 Å². The van der Waals surface area contributed by atoms with E-state index in [4.69, 9.17) is 9.15 Å². The second-order valence-corrected chi connectivity index (χ2v) is 6.17. The van der Waals surface area contributed by atoms with Gasteiger partial charge >= 0.3 is 5.63 Å². The molecule has 1 aliphatic carbocycles. The fourth-order valence-corrected chi connectivity index (χ4v) is 2.67. The molecular formula is C18H20N2O5. The molecule has 1 fully saturated rings. The Morgan fingerprint density at radius 3 is 2.72 bits per heavy atom. The van der Waals surface area contributed by atoms with Crippen molar-refractivity contribution in [2.24, 2.45) is 5.92 Å². The predicted molar refractivity (Wildman–Crippen MR) is 91.1 cm³/mol. The number of rotatable bonds is 5. The molecule has 25 heavy (non-hydrogen) atoms. The molecule has 1 heterocycles. The van der Waals surface area contributed by atoms with E-state index >= 15 is 0 Å². The van der Waals surface area contributed by atoms with Crippen LogP contribution in [0.15, 0.2) is 27.4 Å². The van der Waals surface area contributed by atoms with Crippen molar-refractivity contribution in [3.63, 3.8) is 0 Å². The first kappa shape index (κ1) is 17.0. The van der Waals surface area contributed by atoms with E-state index < -0.39 is 5.63 Å². The summed E-state index contributed by atoms with van der Waals surface area (Å²) in [5.74, 6) is 0.118. The predicted octanol–water partition coefficient (Wildman–Crippen LogP) is 1.60. The van der Waals surface area contributed by atoms with E-state index in [2.05, 4.69) is 10.9 Å². The van der Waals surface area contributed by atoms with Gasteiger partial charge in [0.15, 0.2) is 0 Å². The smallest absolute Gasteiger partial charge is 0.339 e. The number of ether oxygens (including phenoxy) is 1. The van der Waals surface area contributed by atoms with E-state index in [-0.39, 0.29) is 30.6 Å². The highest BCUT2D eigenvalue weighted by atomic mass is 16.5. The molecule has 0 spiro atoms. The second-order valence-electron chi connectivity index (χ2n) is 6.17.